The van der Waals surface area contributed by atoms with E-state index in [0.717, 1.165) is 18.7 Å². The second kappa shape index (κ2) is 7.07. The highest BCUT2D eigenvalue weighted by Gasteiger charge is 2.43. The fourth-order valence-electron chi connectivity index (χ4n) is 3.85. The molecule has 2 aliphatic rings. The second-order valence-corrected chi connectivity index (χ2v) is 6.90. The van der Waals surface area contributed by atoms with E-state index in [9.17, 15) is 4.79 Å². The Labute approximate surface area is 152 Å². The molecule has 3 atom stereocenters. The molecule has 2 aliphatic heterocycles. The molecule has 2 aromatic rings. The Bertz CT molecular complexity index is 777. The maximum Gasteiger partial charge on any atom is 0.254 e. The predicted molar refractivity (Wildman–Crippen MR) is 93.0 cm³/mol. The number of ether oxygens (including phenoxy) is 2. The van der Waals surface area contributed by atoms with Crippen molar-refractivity contribution in [2.75, 3.05) is 19.7 Å². The number of benzene rings is 1. The van der Waals surface area contributed by atoms with Crippen LogP contribution in [0.15, 0.2) is 28.8 Å². The first-order valence-electron chi connectivity index (χ1n) is 9.09. The van der Waals surface area contributed by atoms with Gasteiger partial charge in [-0.3, -0.25) is 4.79 Å². The number of aryl methyl sites for hydroxylation is 1. The van der Waals surface area contributed by atoms with Gasteiger partial charge in [0.05, 0.1) is 25.2 Å². The summed E-state index contributed by atoms with van der Waals surface area (Å²) >= 11 is 0. The molecule has 0 aliphatic carbocycles. The van der Waals surface area contributed by atoms with E-state index in [1.807, 2.05) is 36.1 Å². The number of carbonyl (C=O) groups is 1. The predicted octanol–water partition coefficient (Wildman–Crippen LogP) is 2.25. The molecule has 2 saturated heterocycles. The number of nitrogens with zero attached hydrogens (tertiary/aromatic N) is 3. The molecule has 0 unspecified atom stereocenters. The van der Waals surface area contributed by atoms with Gasteiger partial charge < -0.3 is 18.9 Å². The smallest absolute Gasteiger partial charge is 0.254 e. The summed E-state index contributed by atoms with van der Waals surface area (Å²) in [5, 5.41) is 3.82. The Morgan fingerprint density at radius 2 is 2.27 bits per heavy atom. The zero-order valence-corrected chi connectivity index (χ0v) is 15.1. The van der Waals surface area contributed by atoms with Crippen LogP contribution in [0.4, 0.5) is 0 Å². The van der Waals surface area contributed by atoms with Crippen molar-refractivity contribution >= 4 is 5.91 Å². The van der Waals surface area contributed by atoms with Crippen LogP contribution in [0, 0.1) is 12.8 Å². The summed E-state index contributed by atoms with van der Waals surface area (Å²) in [7, 11) is 0. The molecule has 3 heterocycles. The minimum absolute atomic E-state index is 0.0358. The zero-order chi connectivity index (χ0) is 18.1. The molecule has 0 saturated carbocycles. The standard InChI is InChI=1S/C19H23N3O4/c1-3-24-15-6-4-5-13(7-15)19(23)22-10-14-8-16(25-17(14)11-22)9-18-20-12(2)21-26-18/h4-7,14,16-17H,3,8-11H2,1-2H3/t14-,16-,17+/m0/s1. The summed E-state index contributed by atoms with van der Waals surface area (Å²) in [5.41, 5.74) is 0.661. The molecular formula is C19H23N3O4. The van der Waals surface area contributed by atoms with Gasteiger partial charge in [0.1, 0.15) is 5.75 Å². The fraction of sp³-hybridized carbons (Fsp3) is 0.526. The van der Waals surface area contributed by atoms with Gasteiger partial charge in [-0.1, -0.05) is 11.2 Å². The summed E-state index contributed by atoms with van der Waals surface area (Å²) in [6, 6.07) is 7.36. The van der Waals surface area contributed by atoms with Crippen molar-refractivity contribution in [3.63, 3.8) is 0 Å². The summed E-state index contributed by atoms with van der Waals surface area (Å²) in [6.45, 7) is 5.67. The molecule has 26 heavy (non-hydrogen) atoms. The van der Waals surface area contributed by atoms with Crippen LogP contribution in [-0.2, 0) is 11.2 Å². The van der Waals surface area contributed by atoms with E-state index in [-0.39, 0.29) is 18.1 Å². The van der Waals surface area contributed by atoms with Gasteiger partial charge in [0.25, 0.3) is 5.91 Å². The molecule has 0 radical (unpaired) electrons. The number of carbonyl (C=O) groups excluding carboxylic acids is 1. The molecular weight excluding hydrogens is 334 g/mol. The van der Waals surface area contributed by atoms with Crippen LogP contribution in [0.1, 0.15) is 35.4 Å². The highest BCUT2D eigenvalue weighted by Crippen LogP contribution is 2.35. The summed E-state index contributed by atoms with van der Waals surface area (Å²) in [5.74, 6) is 2.39. The molecule has 0 N–H and O–H groups in total. The highest BCUT2D eigenvalue weighted by atomic mass is 16.5. The first-order valence-corrected chi connectivity index (χ1v) is 9.09. The third-order valence-electron chi connectivity index (χ3n) is 4.97. The summed E-state index contributed by atoms with van der Waals surface area (Å²) in [4.78, 5) is 18.9. The monoisotopic (exact) mass is 357 g/mol. The van der Waals surface area contributed by atoms with Crippen LogP contribution in [0.3, 0.4) is 0 Å². The first-order chi connectivity index (χ1) is 12.6. The van der Waals surface area contributed by atoms with Crippen LogP contribution < -0.4 is 4.74 Å². The molecule has 4 rings (SSSR count). The van der Waals surface area contributed by atoms with Crippen LogP contribution in [-0.4, -0.2) is 52.9 Å². The lowest BCUT2D eigenvalue weighted by atomic mass is 10.0. The number of likely N-dealkylation sites (tertiary alicyclic amines) is 1. The minimum atomic E-state index is 0.0358. The largest absolute Gasteiger partial charge is 0.494 e. The van der Waals surface area contributed by atoms with Crippen LogP contribution >= 0.6 is 0 Å². The van der Waals surface area contributed by atoms with Gasteiger partial charge in [-0.15, -0.1) is 0 Å². The second-order valence-electron chi connectivity index (χ2n) is 6.90. The average Bonchev–Trinajstić information content (AvgIpc) is 3.30. The van der Waals surface area contributed by atoms with Crippen molar-refractivity contribution in [3.8, 4) is 5.75 Å². The van der Waals surface area contributed by atoms with Gasteiger partial charge in [-0.2, -0.15) is 4.98 Å². The van der Waals surface area contributed by atoms with E-state index >= 15 is 0 Å². The normalized spacial score (nSPS) is 24.7. The Morgan fingerprint density at radius 1 is 1.38 bits per heavy atom. The van der Waals surface area contributed by atoms with Crippen molar-refractivity contribution in [3.05, 3.63) is 41.5 Å². The van der Waals surface area contributed by atoms with Crippen molar-refractivity contribution in [1.82, 2.24) is 15.0 Å². The van der Waals surface area contributed by atoms with Crippen molar-refractivity contribution in [1.29, 1.82) is 0 Å². The topological polar surface area (TPSA) is 77.7 Å². The lowest BCUT2D eigenvalue weighted by Crippen LogP contribution is -2.31. The number of rotatable bonds is 5. The average molecular weight is 357 g/mol. The molecule has 138 valence electrons. The van der Waals surface area contributed by atoms with E-state index in [4.69, 9.17) is 14.0 Å². The molecule has 0 bridgehead atoms. The third-order valence-corrected chi connectivity index (χ3v) is 4.97. The van der Waals surface area contributed by atoms with Gasteiger partial charge in [0.15, 0.2) is 5.82 Å². The molecule has 7 nitrogen and oxygen atoms in total. The number of fused-ring (bicyclic) bond motifs is 1. The van der Waals surface area contributed by atoms with E-state index in [1.165, 1.54) is 0 Å². The van der Waals surface area contributed by atoms with Crippen molar-refractivity contribution in [2.45, 2.75) is 38.9 Å². The maximum absolute atomic E-state index is 12.8. The van der Waals surface area contributed by atoms with Crippen molar-refractivity contribution in [2.24, 2.45) is 5.92 Å². The number of hydrogen-bond acceptors (Lipinski definition) is 6. The van der Waals surface area contributed by atoms with E-state index < -0.39 is 0 Å². The van der Waals surface area contributed by atoms with Gasteiger partial charge in [0, 0.05) is 24.6 Å². The number of amides is 1. The molecule has 1 aromatic carbocycles. The zero-order valence-electron chi connectivity index (χ0n) is 15.1. The summed E-state index contributed by atoms with van der Waals surface area (Å²) in [6.07, 6.45) is 1.72. The SMILES string of the molecule is CCOc1cccc(C(=O)N2C[C@@H]3C[C@@H](Cc4nc(C)no4)O[C@@H]3C2)c1. The lowest BCUT2D eigenvalue weighted by molar-refractivity contribution is 0.0330. The maximum atomic E-state index is 12.8. The Kier molecular flexibility index (Phi) is 4.63. The Balaban J connectivity index is 1.35. The number of aromatic nitrogens is 2. The molecule has 1 amide bonds. The first kappa shape index (κ1) is 17.0. The Hall–Kier alpha value is -2.41. The van der Waals surface area contributed by atoms with Crippen molar-refractivity contribution < 1.29 is 18.8 Å². The van der Waals surface area contributed by atoms with Gasteiger partial charge in [0.2, 0.25) is 5.89 Å². The molecule has 2 fully saturated rings. The lowest BCUT2D eigenvalue weighted by Gasteiger charge is -2.19. The van der Waals surface area contributed by atoms with E-state index in [1.54, 1.807) is 6.92 Å². The highest BCUT2D eigenvalue weighted by molar-refractivity contribution is 5.94. The van der Waals surface area contributed by atoms with Crippen LogP contribution in [0.5, 0.6) is 5.75 Å². The molecule has 0 spiro atoms. The Morgan fingerprint density at radius 3 is 3.00 bits per heavy atom. The van der Waals surface area contributed by atoms with Crippen LogP contribution in [0.2, 0.25) is 0 Å². The number of hydrogen-bond donors (Lipinski definition) is 0. The van der Waals surface area contributed by atoms with Crippen LogP contribution in [0.25, 0.3) is 0 Å². The van der Waals surface area contributed by atoms with Gasteiger partial charge >= 0.3 is 0 Å². The minimum Gasteiger partial charge on any atom is -0.494 e. The third kappa shape index (κ3) is 3.44. The molecule has 1 aromatic heterocycles. The quantitative estimate of drug-likeness (QED) is 0.817. The van der Waals surface area contributed by atoms with Gasteiger partial charge in [-0.05, 0) is 38.5 Å². The molecule has 7 heteroatoms. The van der Waals surface area contributed by atoms with E-state index in [0.29, 0.717) is 42.8 Å². The van der Waals surface area contributed by atoms with E-state index in [2.05, 4.69) is 10.1 Å². The van der Waals surface area contributed by atoms with Gasteiger partial charge in [-0.25, -0.2) is 0 Å². The fourth-order valence-corrected chi connectivity index (χ4v) is 3.85. The summed E-state index contributed by atoms with van der Waals surface area (Å²) < 4.78 is 16.8.